The number of para-hydroxylation sites is 1. The van der Waals surface area contributed by atoms with Crippen molar-refractivity contribution in [1.29, 1.82) is 0 Å². The molecule has 168 valence electrons. The normalized spacial score (nSPS) is 25.5. The number of benzene rings is 1. The summed E-state index contributed by atoms with van der Waals surface area (Å²) in [5, 5.41) is 8.20. The number of ether oxygens (including phenoxy) is 1. The van der Waals surface area contributed by atoms with Gasteiger partial charge in [-0.2, -0.15) is 5.10 Å². The van der Waals surface area contributed by atoms with Crippen LogP contribution in [0.4, 0.5) is 0 Å². The molecule has 1 N–H and O–H groups in total. The Morgan fingerprint density at radius 2 is 1.87 bits per heavy atom. The molecule has 3 aliphatic rings. The quantitative estimate of drug-likeness (QED) is 0.819. The first-order valence-corrected chi connectivity index (χ1v) is 11.9. The second-order valence-corrected chi connectivity index (χ2v) is 9.75. The highest BCUT2D eigenvalue weighted by Gasteiger charge is 2.43. The van der Waals surface area contributed by atoms with Crippen molar-refractivity contribution in [3.8, 4) is 0 Å². The number of nitrogens with one attached hydrogen (secondary N) is 1. The summed E-state index contributed by atoms with van der Waals surface area (Å²) in [6.45, 7) is 11.6. The lowest BCUT2D eigenvalue weighted by Crippen LogP contribution is -2.58. The molecule has 3 saturated heterocycles. The van der Waals surface area contributed by atoms with Gasteiger partial charge in [-0.05, 0) is 45.6 Å². The van der Waals surface area contributed by atoms with Crippen LogP contribution in [0.2, 0.25) is 0 Å². The third-order valence-corrected chi connectivity index (χ3v) is 7.70. The van der Waals surface area contributed by atoms with Crippen LogP contribution < -0.4 is 0 Å². The second kappa shape index (κ2) is 8.52. The maximum Gasteiger partial charge on any atom is 0.274 e. The number of fused-ring (bicyclic) bond motifs is 1. The Morgan fingerprint density at radius 3 is 2.61 bits per heavy atom. The first kappa shape index (κ1) is 20.9. The van der Waals surface area contributed by atoms with E-state index in [0.29, 0.717) is 17.8 Å². The molecule has 1 amide bonds. The maximum atomic E-state index is 13.1. The van der Waals surface area contributed by atoms with Crippen molar-refractivity contribution in [1.82, 2.24) is 24.9 Å². The molecular weight excluding hydrogens is 390 g/mol. The fourth-order valence-corrected chi connectivity index (χ4v) is 5.67. The average Bonchev–Trinajstić information content (AvgIpc) is 3.23. The van der Waals surface area contributed by atoms with Gasteiger partial charge in [-0.25, -0.2) is 0 Å². The molecule has 7 heteroatoms. The number of aromatic nitrogens is 2. The lowest BCUT2D eigenvalue weighted by molar-refractivity contribution is -0.132. The molecule has 7 nitrogen and oxygen atoms in total. The molecule has 0 bridgehead atoms. The zero-order valence-electron chi connectivity index (χ0n) is 18.8. The molecule has 0 saturated carbocycles. The van der Waals surface area contributed by atoms with E-state index < -0.39 is 0 Å². The number of likely N-dealkylation sites (tertiary alicyclic amines) is 1. The number of hydrogen-bond donors (Lipinski definition) is 1. The van der Waals surface area contributed by atoms with E-state index in [9.17, 15) is 4.79 Å². The SMILES string of the molecule is CC(C)N1CCN([C@@H]2CCOC3(CCN(C(=O)c4n[nH]c5ccccc45)CC3)C2)CC1. The Morgan fingerprint density at radius 1 is 1.13 bits per heavy atom. The van der Waals surface area contributed by atoms with Crippen LogP contribution in [0.1, 0.15) is 50.0 Å². The van der Waals surface area contributed by atoms with Gasteiger partial charge in [-0.15, -0.1) is 0 Å². The van der Waals surface area contributed by atoms with E-state index in [1.807, 2.05) is 29.2 Å². The number of H-pyrrole nitrogens is 1. The Balaban J connectivity index is 1.20. The summed E-state index contributed by atoms with van der Waals surface area (Å²) in [6.07, 6.45) is 4.07. The van der Waals surface area contributed by atoms with Crippen molar-refractivity contribution < 1.29 is 9.53 Å². The molecule has 31 heavy (non-hydrogen) atoms. The van der Waals surface area contributed by atoms with Gasteiger partial charge in [-0.1, -0.05) is 18.2 Å². The Hall–Kier alpha value is -1.96. The summed E-state index contributed by atoms with van der Waals surface area (Å²) in [5.74, 6) is 0.0319. The maximum absolute atomic E-state index is 13.1. The van der Waals surface area contributed by atoms with Gasteiger partial charge in [0.25, 0.3) is 5.91 Å². The van der Waals surface area contributed by atoms with Crippen LogP contribution in [-0.2, 0) is 4.74 Å². The van der Waals surface area contributed by atoms with Crippen molar-refractivity contribution in [2.45, 2.75) is 57.2 Å². The number of carbonyl (C=O) groups excluding carboxylic acids is 1. The van der Waals surface area contributed by atoms with Gasteiger partial charge in [0.15, 0.2) is 5.69 Å². The molecule has 2 aromatic rings. The Bertz CT molecular complexity index is 910. The molecule has 0 aliphatic carbocycles. The highest BCUT2D eigenvalue weighted by Crippen LogP contribution is 2.37. The first-order valence-electron chi connectivity index (χ1n) is 11.9. The lowest BCUT2D eigenvalue weighted by atomic mass is 9.81. The van der Waals surface area contributed by atoms with Crippen LogP contribution in [0.15, 0.2) is 24.3 Å². The van der Waals surface area contributed by atoms with Crippen molar-refractivity contribution in [3.05, 3.63) is 30.0 Å². The minimum atomic E-state index is -0.0669. The third-order valence-electron chi connectivity index (χ3n) is 7.70. The summed E-state index contributed by atoms with van der Waals surface area (Å²) in [6, 6.07) is 9.08. The minimum absolute atomic E-state index is 0.0319. The van der Waals surface area contributed by atoms with Crippen LogP contribution in [-0.4, -0.2) is 94.4 Å². The molecule has 0 radical (unpaired) electrons. The van der Waals surface area contributed by atoms with Gasteiger partial charge < -0.3 is 9.64 Å². The lowest BCUT2D eigenvalue weighted by Gasteiger charge is -2.50. The highest BCUT2D eigenvalue weighted by molar-refractivity contribution is 6.04. The smallest absolute Gasteiger partial charge is 0.274 e. The summed E-state index contributed by atoms with van der Waals surface area (Å²) in [5.41, 5.74) is 1.38. The molecule has 1 spiro atoms. The first-order chi connectivity index (χ1) is 15.0. The molecule has 1 aromatic heterocycles. The van der Waals surface area contributed by atoms with Gasteiger partial charge in [-0.3, -0.25) is 19.7 Å². The number of hydrogen-bond acceptors (Lipinski definition) is 5. The fourth-order valence-electron chi connectivity index (χ4n) is 5.67. The molecule has 1 atom stereocenters. The Kier molecular flexibility index (Phi) is 5.75. The predicted molar refractivity (Wildman–Crippen MR) is 121 cm³/mol. The zero-order chi connectivity index (χ0) is 21.4. The average molecular weight is 426 g/mol. The van der Waals surface area contributed by atoms with Crippen LogP contribution in [0, 0.1) is 0 Å². The molecule has 1 aromatic carbocycles. The van der Waals surface area contributed by atoms with Crippen LogP contribution in [0.25, 0.3) is 10.9 Å². The predicted octanol–water partition coefficient (Wildman–Crippen LogP) is 2.74. The fraction of sp³-hybridized carbons (Fsp3) is 0.667. The van der Waals surface area contributed by atoms with Crippen molar-refractivity contribution in [2.24, 2.45) is 0 Å². The van der Waals surface area contributed by atoms with E-state index >= 15 is 0 Å². The third kappa shape index (κ3) is 4.11. The second-order valence-electron chi connectivity index (χ2n) is 9.75. The van der Waals surface area contributed by atoms with Gasteiger partial charge in [0.2, 0.25) is 0 Å². The number of piperazine rings is 1. The highest BCUT2D eigenvalue weighted by atomic mass is 16.5. The molecule has 0 unspecified atom stereocenters. The monoisotopic (exact) mass is 425 g/mol. The minimum Gasteiger partial charge on any atom is -0.375 e. The molecule has 4 heterocycles. The van der Waals surface area contributed by atoms with Crippen LogP contribution in [0.3, 0.4) is 0 Å². The molecule has 5 rings (SSSR count). The van der Waals surface area contributed by atoms with Gasteiger partial charge >= 0.3 is 0 Å². The van der Waals surface area contributed by atoms with E-state index in [1.54, 1.807) is 0 Å². The topological polar surface area (TPSA) is 64.7 Å². The number of piperidine rings is 1. The van der Waals surface area contributed by atoms with Crippen LogP contribution >= 0.6 is 0 Å². The van der Waals surface area contributed by atoms with E-state index in [4.69, 9.17) is 4.74 Å². The van der Waals surface area contributed by atoms with Crippen molar-refractivity contribution in [2.75, 3.05) is 45.9 Å². The summed E-state index contributed by atoms with van der Waals surface area (Å²) >= 11 is 0. The summed E-state index contributed by atoms with van der Waals surface area (Å²) < 4.78 is 6.38. The number of nitrogens with zero attached hydrogens (tertiary/aromatic N) is 4. The number of rotatable bonds is 3. The molecular formula is C24H35N5O2. The summed E-state index contributed by atoms with van der Waals surface area (Å²) in [7, 11) is 0. The largest absolute Gasteiger partial charge is 0.375 e. The van der Waals surface area contributed by atoms with E-state index in [1.165, 1.54) is 13.1 Å². The summed E-state index contributed by atoms with van der Waals surface area (Å²) in [4.78, 5) is 20.4. The molecule has 3 aliphatic heterocycles. The van der Waals surface area contributed by atoms with Gasteiger partial charge in [0, 0.05) is 63.3 Å². The number of amides is 1. The van der Waals surface area contributed by atoms with E-state index in [0.717, 1.165) is 69.4 Å². The van der Waals surface area contributed by atoms with Crippen molar-refractivity contribution in [3.63, 3.8) is 0 Å². The van der Waals surface area contributed by atoms with E-state index in [2.05, 4.69) is 33.8 Å². The molecule has 3 fully saturated rings. The standard InChI is InChI=1S/C24H35N5O2/c1-18(2)27-12-14-28(15-13-27)19-7-16-31-24(17-19)8-10-29(11-9-24)23(30)22-20-5-3-4-6-21(20)25-26-22/h3-6,18-19H,7-17H2,1-2H3,(H,25,26)/t19-/m1/s1. The van der Waals surface area contributed by atoms with Crippen LogP contribution in [0.5, 0.6) is 0 Å². The number of aromatic amines is 1. The number of carbonyl (C=O) groups is 1. The van der Waals surface area contributed by atoms with Gasteiger partial charge in [0.05, 0.1) is 11.1 Å². The van der Waals surface area contributed by atoms with Gasteiger partial charge in [0.1, 0.15) is 0 Å². The zero-order valence-corrected chi connectivity index (χ0v) is 18.8. The van der Waals surface area contributed by atoms with E-state index in [-0.39, 0.29) is 11.5 Å². The Labute approximate surface area is 184 Å². The van der Waals surface area contributed by atoms with Crippen molar-refractivity contribution >= 4 is 16.8 Å².